The third kappa shape index (κ3) is 6.09. The molecule has 2 amide bonds. The lowest BCUT2D eigenvalue weighted by Gasteiger charge is -2.31. The molecule has 0 aromatic carbocycles. The van der Waals surface area contributed by atoms with E-state index in [1.165, 1.54) is 0 Å². The Hall–Kier alpha value is -1.82. The number of amides is 2. The lowest BCUT2D eigenvalue weighted by atomic mass is 9.93. The van der Waals surface area contributed by atoms with Crippen molar-refractivity contribution in [1.29, 1.82) is 0 Å². The molecule has 0 radical (unpaired) electrons. The van der Waals surface area contributed by atoms with Crippen molar-refractivity contribution in [3.63, 3.8) is 0 Å². The summed E-state index contributed by atoms with van der Waals surface area (Å²) in [7, 11) is 0. The Morgan fingerprint density at radius 1 is 1.19 bits per heavy atom. The van der Waals surface area contributed by atoms with Crippen LogP contribution in [0.5, 0.6) is 0 Å². The van der Waals surface area contributed by atoms with Crippen molar-refractivity contribution in [2.45, 2.75) is 66.4 Å². The molecule has 1 aromatic rings. The number of hydrogen-bond donors (Lipinski definition) is 2. The van der Waals surface area contributed by atoms with Gasteiger partial charge in [0.15, 0.2) is 0 Å². The van der Waals surface area contributed by atoms with Gasteiger partial charge in [-0.25, -0.2) is 0 Å². The number of hydrogen-bond acceptors (Lipinski definition) is 3. The van der Waals surface area contributed by atoms with Crippen molar-refractivity contribution in [2.24, 2.45) is 5.92 Å². The summed E-state index contributed by atoms with van der Waals surface area (Å²) in [6.07, 6.45) is 3.38. The van der Waals surface area contributed by atoms with Gasteiger partial charge in [-0.15, -0.1) is 0 Å². The average molecular weight is 378 g/mol. The van der Waals surface area contributed by atoms with E-state index >= 15 is 0 Å². The highest BCUT2D eigenvalue weighted by molar-refractivity contribution is 5.94. The minimum Gasteiger partial charge on any atom is -0.379 e. The first kappa shape index (κ1) is 21.5. The highest BCUT2D eigenvalue weighted by atomic mass is 16.5. The SMILES string of the molecule is Cc1[nH]c(C(=O)N2CCC(CC(=O)NCCCOC(C)C)CC2)c(C)c1C. The van der Waals surface area contributed by atoms with Gasteiger partial charge in [-0.2, -0.15) is 0 Å². The molecule has 1 saturated heterocycles. The zero-order valence-electron chi connectivity index (χ0n) is 17.5. The summed E-state index contributed by atoms with van der Waals surface area (Å²) in [6, 6.07) is 0. The Morgan fingerprint density at radius 3 is 2.41 bits per heavy atom. The van der Waals surface area contributed by atoms with Gasteiger partial charge in [-0.1, -0.05) is 0 Å². The van der Waals surface area contributed by atoms with Gasteiger partial charge >= 0.3 is 0 Å². The summed E-state index contributed by atoms with van der Waals surface area (Å²) in [4.78, 5) is 30.0. The van der Waals surface area contributed by atoms with Crippen LogP contribution in [0.3, 0.4) is 0 Å². The number of likely N-dealkylation sites (tertiary alicyclic amines) is 1. The Bertz CT molecular complexity index is 643. The van der Waals surface area contributed by atoms with E-state index in [1.54, 1.807) is 0 Å². The molecule has 152 valence electrons. The van der Waals surface area contributed by atoms with E-state index in [-0.39, 0.29) is 17.9 Å². The van der Waals surface area contributed by atoms with Gasteiger partial charge < -0.3 is 19.9 Å². The molecule has 1 aliphatic heterocycles. The number of carbonyl (C=O) groups excluding carboxylic acids is 2. The molecule has 1 fully saturated rings. The van der Waals surface area contributed by atoms with Gasteiger partial charge in [-0.05, 0) is 70.9 Å². The molecule has 0 atom stereocenters. The largest absolute Gasteiger partial charge is 0.379 e. The molecule has 27 heavy (non-hydrogen) atoms. The van der Waals surface area contributed by atoms with Crippen molar-refractivity contribution in [3.05, 3.63) is 22.5 Å². The number of piperidine rings is 1. The van der Waals surface area contributed by atoms with E-state index < -0.39 is 0 Å². The molecule has 0 unspecified atom stereocenters. The second-order valence-electron chi connectivity index (χ2n) is 7.94. The zero-order valence-corrected chi connectivity index (χ0v) is 17.5. The Morgan fingerprint density at radius 2 is 1.85 bits per heavy atom. The van der Waals surface area contributed by atoms with Crippen LogP contribution in [0.1, 0.15) is 66.8 Å². The second kappa shape index (κ2) is 9.93. The van der Waals surface area contributed by atoms with Crippen LogP contribution in [0.2, 0.25) is 0 Å². The molecule has 2 N–H and O–H groups in total. The van der Waals surface area contributed by atoms with Gasteiger partial charge in [0.2, 0.25) is 5.91 Å². The normalized spacial score (nSPS) is 15.4. The maximum Gasteiger partial charge on any atom is 0.270 e. The van der Waals surface area contributed by atoms with E-state index in [1.807, 2.05) is 39.5 Å². The van der Waals surface area contributed by atoms with E-state index in [9.17, 15) is 9.59 Å². The van der Waals surface area contributed by atoms with E-state index in [0.29, 0.717) is 31.2 Å². The van der Waals surface area contributed by atoms with Crippen molar-refractivity contribution in [3.8, 4) is 0 Å². The smallest absolute Gasteiger partial charge is 0.270 e. The number of nitrogens with zero attached hydrogens (tertiary/aromatic N) is 1. The van der Waals surface area contributed by atoms with Gasteiger partial charge in [0.1, 0.15) is 5.69 Å². The highest BCUT2D eigenvalue weighted by Gasteiger charge is 2.27. The molecule has 2 rings (SSSR count). The van der Waals surface area contributed by atoms with E-state index in [4.69, 9.17) is 4.74 Å². The summed E-state index contributed by atoms with van der Waals surface area (Å²) in [5.74, 6) is 0.543. The highest BCUT2D eigenvalue weighted by Crippen LogP contribution is 2.24. The molecular formula is C21H35N3O3. The van der Waals surface area contributed by atoms with Crippen molar-refractivity contribution < 1.29 is 14.3 Å². The first-order chi connectivity index (χ1) is 12.8. The van der Waals surface area contributed by atoms with Gasteiger partial charge in [0, 0.05) is 38.4 Å². The zero-order chi connectivity index (χ0) is 20.0. The number of ether oxygens (including phenoxy) is 1. The van der Waals surface area contributed by atoms with Crippen LogP contribution in [-0.2, 0) is 9.53 Å². The predicted octanol–water partition coefficient (Wildman–Crippen LogP) is 3.11. The Kier molecular flexibility index (Phi) is 7.90. The Labute approximate surface area is 163 Å². The lowest BCUT2D eigenvalue weighted by molar-refractivity contribution is -0.122. The number of aryl methyl sites for hydroxylation is 1. The molecule has 6 nitrogen and oxygen atoms in total. The molecule has 1 aliphatic rings. The fourth-order valence-corrected chi connectivity index (χ4v) is 3.51. The first-order valence-electron chi connectivity index (χ1n) is 10.1. The van der Waals surface area contributed by atoms with E-state index in [2.05, 4.69) is 10.3 Å². The summed E-state index contributed by atoms with van der Waals surface area (Å²) in [6.45, 7) is 12.8. The number of carbonyl (C=O) groups is 2. The molecule has 0 bridgehead atoms. The third-order valence-electron chi connectivity index (χ3n) is 5.50. The molecule has 2 heterocycles. The number of aromatic amines is 1. The molecule has 6 heteroatoms. The topological polar surface area (TPSA) is 74.4 Å². The molecule has 1 aromatic heterocycles. The maximum atomic E-state index is 12.8. The molecule has 0 aliphatic carbocycles. The quantitative estimate of drug-likeness (QED) is 0.684. The van der Waals surface area contributed by atoms with Crippen LogP contribution in [0.4, 0.5) is 0 Å². The molecular weight excluding hydrogens is 342 g/mol. The average Bonchev–Trinajstić information content (AvgIpc) is 2.88. The minimum absolute atomic E-state index is 0.0803. The van der Waals surface area contributed by atoms with Crippen LogP contribution >= 0.6 is 0 Å². The molecule has 0 saturated carbocycles. The fraction of sp³-hybridized carbons (Fsp3) is 0.714. The number of rotatable bonds is 8. The van der Waals surface area contributed by atoms with Gasteiger partial charge in [-0.3, -0.25) is 9.59 Å². The second-order valence-corrected chi connectivity index (χ2v) is 7.94. The summed E-state index contributed by atoms with van der Waals surface area (Å²) in [5, 5.41) is 2.98. The van der Waals surface area contributed by atoms with Crippen molar-refractivity contribution in [2.75, 3.05) is 26.2 Å². The lowest BCUT2D eigenvalue weighted by Crippen LogP contribution is -2.40. The van der Waals surface area contributed by atoms with Crippen LogP contribution in [-0.4, -0.2) is 54.0 Å². The number of nitrogens with one attached hydrogen (secondary N) is 2. The van der Waals surface area contributed by atoms with Gasteiger partial charge in [0.05, 0.1) is 6.10 Å². The number of aromatic nitrogens is 1. The summed E-state index contributed by atoms with van der Waals surface area (Å²) >= 11 is 0. The predicted molar refractivity (Wildman–Crippen MR) is 107 cm³/mol. The standard InChI is InChI=1S/C21H35N3O3/c1-14(2)27-12-6-9-22-19(25)13-18-7-10-24(11-8-18)21(26)20-16(4)15(3)17(5)23-20/h14,18,23H,6-13H2,1-5H3,(H,22,25). The Balaban J connectivity index is 1.71. The maximum absolute atomic E-state index is 12.8. The van der Waals surface area contributed by atoms with Crippen molar-refractivity contribution in [1.82, 2.24) is 15.2 Å². The molecule has 0 spiro atoms. The third-order valence-corrected chi connectivity index (χ3v) is 5.50. The first-order valence-corrected chi connectivity index (χ1v) is 10.1. The summed E-state index contributed by atoms with van der Waals surface area (Å²) in [5.41, 5.74) is 3.97. The number of H-pyrrole nitrogens is 1. The fourth-order valence-electron chi connectivity index (χ4n) is 3.51. The summed E-state index contributed by atoms with van der Waals surface area (Å²) < 4.78 is 5.47. The van der Waals surface area contributed by atoms with Crippen LogP contribution in [0, 0.1) is 26.7 Å². The van der Waals surface area contributed by atoms with E-state index in [0.717, 1.165) is 49.2 Å². The van der Waals surface area contributed by atoms with Crippen LogP contribution in [0.15, 0.2) is 0 Å². The van der Waals surface area contributed by atoms with Gasteiger partial charge in [0.25, 0.3) is 5.91 Å². The van der Waals surface area contributed by atoms with Crippen LogP contribution in [0.25, 0.3) is 0 Å². The van der Waals surface area contributed by atoms with Crippen molar-refractivity contribution >= 4 is 11.8 Å². The van der Waals surface area contributed by atoms with Crippen LogP contribution < -0.4 is 5.32 Å². The monoisotopic (exact) mass is 377 g/mol. The minimum atomic E-state index is 0.0803.